The van der Waals surface area contributed by atoms with Crippen LogP contribution in [0.3, 0.4) is 0 Å². The van der Waals surface area contributed by atoms with Crippen molar-refractivity contribution in [1.29, 1.82) is 0 Å². The van der Waals surface area contributed by atoms with Crippen LogP contribution in [0, 0.1) is 12.7 Å². The van der Waals surface area contributed by atoms with Crippen LogP contribution in [-0.4, -0.2) is 52.8 Å². The van der Waals surface area contributed by atoms with Crippen molar-refractivity contribution in [3.05, 3.63) is 76.1 Å². The highest BCUT2D eigenvalue weighted by Gasteiger charge is 2.46. The molecule has 1 amide bonds. The number of hydrogen-bond acceptors (Lipinski definition) is 4. The molecule has 2 aromatic carbocycles. The Morgan fingerprint density at radius 2 is 1.72 bits per heavy atom. The van der Waals surface area contributed by atoms with Gasteiger partial charge in [0.25, 0.3) is 11.7 Å². The van der Waals surface area contributed by atoms with E-state index in [1.165, 1.54) is 11.0 Å². The summed E-state index contributed by atoms with van der Waals surface area (Å²) in [4.78, 5) is 29.8. The number of rotatable bonds is 8. The van der Waals surface area contributed by atoms with Crippen LogP contribution in [0.25, 0.3) is 5.76 Å². The van der Waals surface area contributed by atoms with Gasteiger partial charge in [-0.25, -0.2) is 4.39 Å². The molecule has 1 atom stereocenters. The highest BCUT2D eigenvalue weighted by molar-refractivity contribution is 6.46. The number of benzene rings is 2. The highest BCUT2D eigenvalue weighted by atomic mass is 19.1. The monoisotopic (exact) mass is 438 g/mol. The topological polar surface area (TPSA) is 60.9 Å². The second-order valence-corrected chi connectivity index (χ2v) is 8.08. The van der Waals surface area contributed by atoms with E-state index < -0.39 is 23.5 Å². The van der Waals surface area contributed by atoms with Gasteiger partial charge in [0.1, 0.15) is 11.6 Å². The number of hydrogen-bond donors (Lipinski definition) is 1. The van der Waals surface area contributed by atoms with E-state index in [2.05, 4.69) is 11.8 Å². The maximum absolute atomic E-state index is 14.2. The molecule has 3 rings (SSSR count). The Bertz CT molecular complexity index is 1030. The summed E-state index contributed by atoms with van der Waals surface area (Å²) >= 11 is 0. The van der Waals surface area contributed by atoms with E-state index >= 15 is 0 Å². The van der Waals surface area contributed by atoms with E-state index in [-0.39, 0.29) is 16.9 Å². The molecule has 0 spiro atoms. The number of aliphatic hydroxyl groups is 1. The molecule has 0 unspecified atom stereocenters. The zero-order chi connectivity index (χ0) is 23.4. The van der Waals surface area contributed by atoms with Crippen molar-refractivity contribution in [2.45, 2.75) is 40.2 Å². The van der Waals surface area contributed by atoms with E-state index in [0.717, 1.165) is 30.6 Å². The number of Topliss-reactive ketones (excluding diaryl/α,β-unsaturated/α-hetero) is 1. The fourth-order valence-corrected chi connectivity index (χ4v) is 4.08. The number of likely N-dealkylation sites (N-methyl/N-ethyl adjacent to an activating group) is 1. The lowest BCUT2D eigenvalue weighted by atomic mass is 9.94. The molecule has 1 heterocycles. The first-order valence-corrected chi connectivity index (χ1v) is 11.2. The number of carbonyl (C=O) groups excluding carboxylic acids is 2. The Hall–Kier alpha value is -2.99. The molecule has 1 saturated heterocycles. The van der Waals surface area contributed by atoms with Gasteiger partial charge in [0.05, 0.1) is 11.6 Å². The first-order chi connectivity index (χ1) is 15.3. The van der Waals surface area contributed by atoms with Gasteiger partial charge in [-0.2, -0.15) is 0 Å². The first-order valence-electron chi connectivity index (χ1n) is 11.2. The summed E-state index contributed by atoms with van der Waals surface area (Å²) < 4.78 is 14.2. The molecule has 0 aromatic heterocycles. The van der Waals surface area contributed by atoms with Crippen molar-refractivity contribution < 1.29 is 19.1 Å². The largest absolute Gasteiger partial charge is 0.507 e. The lowest BCUT2D eigenvalue weighted by molar-refractivity contribution is -0.140. The molecule has 2 aromatic rings. The van der Waals surface area contributed by atoms with Crippen molar-refractivity contribution in [3.63, 3.8) is 0 Å². The maximum Gasteiger partial charge on any atom is 0.295 e. The van der Waals surface area contributed by atoms with Crippen LogP contribution in [0.2, 0.25) is 0 Å². The number of nitrogens with zero attached hydrogens (tertiary/aromatic N) is 2. The third kappa shape index (κ3) is 4.60. The van der Waals surface area contributed by atoms with E-state index in [0.29, 0.717) is 18.7 Å². The molecule has 6 heteroatoms. The first kappa shape index (κ1) is 23.7. The summed E-state index contributed by atoms with van der Waals surface area (Å²) in [5.41, 5.74) is 2.50. The molecule has 1 fully saturated rings. The quantitative estimate of drug-likeness (QED) is 0.376. The Kier molecular flexibility index (Phi) is 7.46. The number of carbonyl (C=O) groups is 2. The van der Waals surface area contributed by atoms with Gasteiger partial charge in [-0.05, 0) is 49.2 Å². The zero-order valence-corrected chi connectivity index (χ0v) is 19.2. The summed E-state index contributed by atoms with van der Waals surface area (Å²) in [6.45, 7) is 10.4. The summed E-state index contributed by atoms with van der Waals surface area (Å²) in [6.07, 6.45) is 0.866. The van der Waals surface area contributed by atoms with Crippen LogP contribution < -0.4 is 0 Å². The van der Waals surface area contributed by atoms with Crippen LogP contribution in [-0.2, 0) is 16.0 Å². The van der Waals surface area contributed by atoms with Crippen LogP contribution >= 0.6 is 0 Å². The lowest BCUT2D eigenvalue weighted by Crippen LogP contribution is -2.38. The van der Waals surface area contributed by atoms with E-state index in [1.807, 2.05) is 38.1 Å². The minimum atomic E-state index is -0.743. The van der Waals surface area contributed by atoms with Gasteiger partial charge in [0, 0.05) is 18.7 Å². The average molecular weight is 439 g/mol. The van der Waals surface area contributed by atoms with Crippen molar-refractivity contribution in [3.8, 4) is 0 Å². The number of likely N-dealkylation sites (tertiary alicyclic amines) is 1. The van der Waals surface area contributed by atoms with E-state index in [4.69, 9.17) is 0 Å². The van der Waals surface area contributed by atoms with Crippen LogP contribution in [0.5, 0.6) is 0 Å². The Morgan fingerprint density at radius 1 is 1.06 bits per heavy atom. The number of aliphatic hydroxyl groups excluding tert-OH is 1. The lowest BCUT2D eigenvalue weighted by Gasteiger charge is -2.28. The minimum absolute atomic E-state index is 0.00190. The van der Waals surface area contributed by atoms with Gasteiger partial charge in [-0.3, -0.25) is 9.59 Å². The molecule has 0 radical (unpaired) electrons. The second kappa shape index (κ2) is 10.1. The maximum atomic E-state index is 14.2. The van der Waals surface area contributed by atoms with E-state index in [1.54, 1.807) is 19.1 Å². The summed E-state index contributed by atoms with van der Waals surface area (Å²) in [5.74, 6) is -2.21. The fourth-order valence-electron chi connectivity index (χ4n) is 4.08. The Balaban J connectivity index is 2.11. The molecule has 32 heavy (non-hydrogen) atoms. The van der Waals surface area contributed by atoms with Gasteiger partial charge in [0.15, 0.2) is 0 Å². The van der Waals surface area contributed by atoms with Crippen LogP contribution in [0.15, 0.2) is 48.0 Å². The molecule has 1 N–H and O–H groups in total. The van der Waals surface area contributed by atoms with E-state index in [9.17, 15) is 19.1 Å². The number of halogens is 1. The minimum Gasteiger partial charge on any atom is -0.507 e. The van der Waals surface area contributed by atoms with Crippen molar-refractivity contribution in [2.24, 2.45) is 0 Å². The second-order valence-electron chi connectivity index (χ2n) is 8.08. The third-order valence-corrected chi connectivity index (χ3v) is 6.24. The smallest absolute Gasteiger partial charge is 0.295 e. The number of ketones is 1. The molecular formula is C26H31FN2O3. The van der Waals surface area contributed by atoms with Gasteiger partial charge in [-0.15, -0.1) is 0 Å². The Labute approximate surface area is 189 Å². The molecule has 0 bridgehead atoms. The van der Waals surface area contributed by atoms with Crippen molar-refractivity contribution >= 4 is 17.4 Å². The fraction of sp³-hybridized carbons (Fsp3) is 0.385. The van der Waals surface area contributed by atoms with Gasteiger partial charge >= 0.3 is 0 Å². The third-order valence-electron chi connectivity index (χ3n) is 6.24. The van der Waals surface area contributed by atoms with Gasteiger partial charge in [0.2, 0.25) is 0 Å². The summed E-state index contributed by atoms with van der Waals surface area (Å²) in [7, 11) is 0. The average Bonchev–Trinajstić information content (AvgIpc) is 3.06. The number of amides is 1. The molecule has 5 nitrogen and oxygen atoms in total. The standard InChI is InChI=1S/C26H31FN2O3/c1-5-18-9-12-19(13-10-18)23-22(24(30)20-11-8-17(4)21(27)16-20)25(31)26(32)29(23)15-14-28(6-2)7-3/h8-13,16,23,30H,5-7,14-15H2,1-4H3/t23-/m0/s1. The highest BCUT2D eigenvalue weighted by Crippen LogP contribution is 2.39. The van der Waals surface area contributed by atoms with Crippen LogP contribution in [0.1, 0.15) is 49.1 Å². The van der Waals surface area contributed by atoms with Crippen LogP contribution in [0.4, 0.5) is 4.39 Å². The predicted molar refractivity (Wildman–Crippen MR) is 124 cm³/mol. The zero-order valence-electron chi connectivity index (χ0n) is 19.2. The summed E-state index contributed by atoms with van der Waals surface area (Å²) in [5, 5.41) is 11.0. The molecular weight excluding hydrogens is 407 g/mol. The molecule has 0 aliphatic carbocycles. The molecule has 1 aliphatic heterocycles. The molecule has 0 saturated carbocycles. The normalized spacial score (nSPS) is 18.1. The number of aryl methyl sites for hydroxylation is 2. The summed E-state index contributed by atoms with van der Waals surface area (Å²) in [6, 6.07) is 11.3. The molecule has 170 valence electrons. The predicted octanol–water partition coefficient (Wildman–Crippen LogP) is 4.46. The van der Waals surface area contributed by atoms with Gasteiger partial charge < -0.3 is 14.9 Å². The molecule has 1 aliphatic rings. The van der Waals surface area contributed by atoms with Crippen molar-refractivity contribution in [2.75, 3.05) is 26.2 Å². The SMILES string of the molecule is CCc1ccc([C@H]2C(=C(O)c3ccc(C)c(F)c3)C(=O)C(=O)N2CCN(CC)CC)cc1. The Morgan fingerprint density at radius 3 is 2.28 bits per heavy atom. The van der Waals surface area contributed by atoms with Crippen molar-refractivity contribution in [1.82, 2.24) is 9.80 Å². The van der Waals surface area contributed by atoms with Gasteiger partial charge in [-0.1, -0.05) is 57.2 Å².